The van der Waals surface area contributed by atoms with Crippen LogP contribution in [0.2, 0.25) is 0 Å². The summed E-state index contributed by atoms with van der Waals surface area (Å²) in [6.45, 7) is 0. The molecule has 0 spiro atoms. The highest BCUT2D eigenvalue weighted by Gasteiger charge is 2.08. The molecule has 0 amide bonds. The van der Waals surface area contributed by atoms with Gasteiger partial charge in [0, 0.05) is 0 Å². The minimum absolute atomic E-state index is 1.27. The van der Waals surface area contributed by atoms with Crippen LogP contribution >= 0.6 is 0 Å². The van der Waals surface area contributed by atoms with E-state index in [2.05, 4.69) is 36.4 Å². The third-order valence-corrected chi connectivity index (χ3v) is 5.01. The number of benzene rings is 2. The molecule has 0 heterocycles. The van der Waals surface area contributed by atoms with Gasteiger partial charge in [-0.05, 0) is 47.6 Å². The summed E-state index contributed by atoms with van der Waals surface area (Å²) in [5, 5.41) is 2.92. The molecule has 0 saturated carbocycles. The maximum atomic E-state index is 2.40. The molecule has 2 aromatic carbocycles. The molecule has 3 rings (SSSR count). The second-order valence-corrected chi connectivity index (χ2v) is 6.61. The van der Waals surface area contributed by atoms with Crippen molar-refractivity contribution in [1.29, 1.82) is 0 Å². The van der Waals surface area contributed by atoms with Crippen LogP contribution < -0.4 is 0 Å². The van der Waals surface area contributed by atoms with Gasteiger partial charge in [0.25, 0.3) is 0 Å². The Morgan fingerprint density at radius 2 is 1.14 bits per heavy atom. The average Bonchev–Trinajstić information content (AvgIpc) is 2.55. The zero-order valence-electron chi connectivity index (χ0n) is 13.2. The smallest absolute Gasteiger partial charge is 0.0149 e. The molecular weight excluding hydrogens is 252 g/mol. The zero-order valence-corrected chi connectivity index (χ0v) is 13.2. The number of hydrogen-bond acceptors (Lipinski definition) is 0. The first-order valence-corrected chi connectivity index (χ1v) is 8.95. The molecule has 0 unspecified atom stereocenters. The molecule has 0 radical (unpaired) electrons. The molecule has 0 bridgehead atoms. The van der Waals surface area contributed by atoms with Gasteiger partial charge in [0.15, 0.2) is 0 Å². The van der Waals surface area contributed by atoms with Crippen molar-refractivity contribution < 1.29 is 0 Å². The van der Waals surface area contributed by atoms with Crippen LogP contribution in [0.3, 0.4) is 0 Å². The van der Waals surface area contributed by atoms with Crippen LogP contribution in [0, 0.1) is 0 Å². The molecule has 0 heteroatoms. The highest BCUT2D eigenvalue weighted by Crippen LogP contribution is 2.26. The van der Waals surface area contributed by atoms with Crippen molar-refractivity contribution in [1.82, 2.24) is 0 Å². The Bertz CT molecular complexity index is 567. The van der Waals surface area contributed by atoms with E-state index in [1.807, 2.05) is 0 Å². The Labute approximate surface area is 129 Å². The summed E-state index contributed by atoms with van der Waals surface area (Å²) < 4.78 is 0. The average molecular weight is 280 g/mol. The third-order valence-electron chi connectivity index (χ3n) is 5.01. The highest BCUT2D eigenvalue weighted by molar-refractivity contribution is 5.86. The minimum atomic E-state index is 1.27. The van der Waals surface area contributed by atoms with Crippen molar-refractivity contribution in [3.63, 3.8) is 0 Å². The summed E-state index contributed by atoms with van der Waals surface area (Å²) in [4.78, 5) is 0. The normalized spacial score (nSPS) is 18.3. The molecule has 1 aliphatic carbocycles. The third kappa shape index (κ3) is 3.87. The Kier molecular flexibility index (Phi) is 5.32. The van der Waals surface area contributed by atoms with E-state index < -0.39 is 0 Å². The summed E-state index contributed by atoms with van der Waals surface area (Å²) in [7, 11) is 0. The molecule has 21 heavy (non-hydrogen) atoms. The molecule has 0 atom stereocenters. The van der Waals surface area contributed by atoms with E-state index in [4.69, 9.17) is 0 Å². The SMILES string of the molecule is c1ccc2c3c(ccc2c1)CCCCCCCCCCC3. The van der Waals surface area contributed by atoms with Crippen LogP contribution in [0.1, 0.15) is 68.9 Å². The van der Waals surface area contributed by atoms with Gasteiger partial charge in [-0.1, -0.05) is 81.3 Å². The lowest BCUT2D eigenvalue weighted by Gasteiger charge is -2.13. The summed E-state index contributed by atoms with van der Waals surface area (Å²) in [5.74, 6) is 0. The van der Waals surface area contributed by atoms with Crippen molar-refractivity contribution in [3.05, 3.63) is 47.5 Å². The minimum Gasteiger partial charge on any atom is -0.0616 e. The van der Waals surface area contributed by atoms with E-state index in [0.717, 1.165) is 0 Å². The van der Waals surface area contributed by atoms with E-state index in [9.17, 15) is 0 Å². The first-order chi connectivity index (χ1) is 10.4. The fourth-order valence-corrected chi connectivity index (χ4v) is 3.77. The lowest BCUT2D eigenvalue weighted by atomic mass is 9.92. The Hall–Kier alpha value is -1.30. The van der Waals surface area contributed by atoms with Crippen molar-refractivity contribution in [2.75, 3.05) is 0 Å². The molecule has 1 aliphatic rings. The molecule has 2 aromatic rings. The van der Waals surface area contributed by atoms with Gasteiger partial charge in [0.2, 0.25) is 0 Å². The molecule has 0 saturated heterocycles. The van der Waals surface area contributed by atoms with Crippen LogP contribution in [0.15, 0.2) is 36.4 Å². The van der Waals surface area contributed by atoms with E-state index in [0.29, 0.717) is 0 Å². The summed E-state index contributed by atoms with van der Waals surface area (Å²) in [6.07, 6.45) is 15.3. The van der Waals surface area contributed by atoms with E-state index in [1.165, 1.54) is 81.4 Å². The summed E-state index contributed by atoms with van der Waals surface area (Å²) in [5.41, 5.74) is 3.26. The van der Waals surface area contributed by atoms with Gasteiger partial charge < -0.3 is 0 Å². The maximum Gasteiger partial charge on any atom is -0.0149 e. The van der Waals surface area contributed by atoms with E-state index >= 15 is 0 Å². The number of hydrogen-bond donors (Lipinski definition) is 0. The largest absolute Gasteiger partial charge is 0.0616 e. The quantitative estimate of drug-likeness (QED) is 0.520. The number of aryl methyl sites for hydroxylation is 2. The van der Waals surface area contributed by atoms with Crippen LogP contribution in [0.25, 0.3) is 10.8 Å². The van der Waals surface area contributed by atoms with Crippen molar-refractivity contribution in [2.45, 2.75) is 70.6 Å². The molecule has 0 fully saturated rings. The Balaban J connectivity index is 1.87. The molecular formula is C21H28. The predicted molar refractivity (Wildman–Crippen MR) is 92.9 cm³/mol. The molecule has 0 N–H and O–H groups in total. The lowest BCUT2D eigenvalue weighted by molar-refractivity contribution is 0.564. The predicted octanol–water partition coefficient (Wildman–Crippen LogP) is 6.45. The molecule has 0 nitrogen and oxygen atoms in total. The van der Waals surface area contributed by atoms with Crippen LogP contribution in [-0.4, -0.2) is 0 Å². The fraction of sp³-hybridized carbons (Fsp3) is 0.524. The first-order valence-electron chi connectivity index (χ1n) is 8.95. The zero-order chi connectivity index (χ0) is 14.3. The second kappa shape index (κ2) is 7.64. The summed E-state index contributed by atoms with van der Waals surface area (Å²) in [6, 6.07) is 13.7. The van der Waals surface area contributed by atoms with Crippen LogP contribution in [-0.2, 0) is 12.8 Å². The van der Waals surface area contributed by atoms with Gasteiger partial charge >= 0.3 is 0 Å². The van der Waals surface area contributed by atoms with Gasteiger partial charge in [0.1, 0.15) is 0 Å². The number of fused-ring (bicyclic) bond motifs is 3. The van der Waals surface area contributed by atoms with Crippen molar-refractivity contribution >= 4 is 10.8 Å². The van der Waals surface area contributed by atoms with Gasteiger partial charge in [-0.15, -0.1) is 0 Å². The topological polar surface area (TPSA) is 0 Å². The highest BCUT2D eigenvalue weighted by atomic mass is 14.1. The van der Waals surface area contributed by atoms with E-state index in [-0.39, 0.29) is 0 Å². The lowest BCUT2D eigenvalue weighted by Crippen LogP contribution is -1.97. The monoisotopic (exact) mass is 280 g/mol. The number of rotatable bonds is 0. The van der Waals surface area contributed by atoms with Crippen LogP contribution in [0.5, 0.6) is 0 Å². The standard InChI is InChI=1S/C21H28/c1-2-4-6-8-12-18-16-17-19-13-10-11-15-21(19)20(18)14-9-7-5-3-1/h10-11,13,15-17H,1-9,12,14H2. The van der Waals surface area contributed by atoms with Gasteiger partial charge in [-0.3, -0.25) is 0 Å². The fourth-order valence-electron chi connectivity index (χ4n) is 3.77. The first kappa shape index (κ1) is 14.6. The maximum absolute atomic E-state index is 2.40. The van der Waals surface area contributed by atoms with Crippen molar-refractivity contribution in [3.8, 4) is 0 Å². The van der Waals surface area contributed by atoms with Gasteiger partial charge in [0.05, 0.1) is 0 Å². The Morgan fingerprint density at radius 3 is 1.90 bits per heavy atom. The van der Waals surface area contributed by atoms with Gasteiger partial charge in [-0.2, -0.15) is 0 Å². The summed E-state index contributed by atoms with van der Waals surface area (Å²) >= 11 is 0. The second-order valence-electron chi connectivity index (χ2n) is 6.61. The molecule has 0 aliphatic heterocycles. The van der Waals surface area contributed by atoms with Gasteiger partial charge in [-0.25, -0.2) is 0 Å². The van der Waals surface area contributed by atoms with Crippen molar-refractivity contribution in [2.24, 2.45) is 0 Å². The van der Waals surface area contributed by atoms with E-state index in [1.54, 1.807) is 11.1 Å². The molecule has 0 aromatic heterocycles. The molecule has 112 valence electrons. The Morgan fingerprint density at radius 1 is 0.524 bits per heavy atom. The van der Waals surface area contributed by atoms with Crippen LogP contribution in [0.4, 0.5) is 0 Å².